The molecule has 0 spiro atoms. The standard InChI is InChI=1S/C12H18N4O2/c1-7-4-8(5-9(13)16-7)10(17)15-6-12(2,3)11(14)18/h4-5H,6H2,1-3H3,(H2,13,16)(H2,14,18)(H,15,17). The number of aryl methyl sites for hydroxylation is 1. The second kappa shape index (κ2) is 5.03. The number of nitrogens with two attached hydrogens (primary N) is 2. The molecule has 0 saturated carbocycles. The van der Waals surface area contributed by atoms with Gasteiger partial charge in [0.25, 0.3) is 5.91 Å². The maximum Gasteiger partial charge on any atom is 0.251 e. The van der Waals surface area contributed by atoms with Gasteiger partial charge in [-0.2, -0.15) is 0 Å². The lowest BCUT2D eigenvalue weighted by molar-refractivity contribution is -0.125. The number of rotatable bonds is 4. The van der Waals surface area contributed by atoms with Gasteiger partial charge in [0.2, 0.25) is 5.91 Å². The van der Waals surface area contributed by atoms with Gasteiger partial charge in [0.05, 0.1) is 5.41 Å². The first-order chi connectivity index (χ1) is 8.22. The predicted molar refractivity (Wildman–Crippen MR) is 68.7 cm³/mol. The zero-order chi connectivity index (χ0) is 13.9. The van der Waals surface area contributed by atoms with E-state index in [1.807, 2.05) is 0 Å². The van der Waals surface area contributed by atoms with Crippen LogP contribution in [0.15, 0.2) is 12.1 Å². The van der Waals surface area contributed by atoms with Crippen LogP contribution in [-0.4, -0.2) is 23.3 Å². The molecule has 1 heterocycles. The number of hydrogen-bond donors (Lipinski definition) is 3. The Morgan fingerprint density at radius 3 is 2.50 bits per heavy atom. The zero-order valence-corrected chi connectivity index (χ0v) is 10.8. The van der Waals surface area contributed by atoms with Crippen molar-refractivity contribution in [3.63, 3.8) is 0 Å². The van der Waals surface area contributed by atoms with Crippen LogP contribution in [0.4, 0.5) is 5.82 Å². The molecule has 1 aromatic heterocycles. The van der Waals surface area contributed by atoms with E-state index >= 15 is 0 Å². The normalized spacial score (nSPS) is 11.1. The summed E-state index contributed by atoms with van der Waals surface area (Å²) in [5.41, 5.74) is 11.1. The van der Waals surface area contributed by atoms with Crippen LogP contribution >= 0.6 is 0 Å². The van der Waals surface area contributed by atoms with E-state index in [1.165, 1.54) is 6.07 Å². The van der Waals surface area contributed by atoms with Gasteiger partial charge >= 0.3 is 0 Å². The maximum atomic E-state index is 11.9. The molecule has 0 bridgehead atoms. The minimum atomic E-state index is -0.788. The molecule has 98 valence electrons. The van der Waals surface area contributed by atoms with Gasteiger partial charge in [0.1, 0.15) is 5.82 Å². The third kappa shape index (κ3) is 3.44. The summed E-state index contributed by atoms with van der Waals surface area (Å²) in [6.45, 7) is 5.26. The van der Waals surface area contributed by atoms with Gasteiger partial charge < -0.3 is 16.8 Å². The van der Waals surface area contributed by atoms with E-state index in [9.17, 15) is 9.59 Å². The molecule has 6 nitrogen and oxygen atoms in total. The van der Waals surface area contributed by atoms with E-state index in [1.54, 1.807) is 26.8 Å². The van der Waals surface area contributed by atoms with E-state index in [0.29, 0.717) is 11.3 Å². The van der Waals surface area contributed by atoms with E-state index in [4.69, 9.17) is 11.5 Å². The molecule has 0 unspecified atom stereocenters. The molecule has 0 fully saturated rings. The Balaban J connectivity index is 2.75. The lowest BCUT2D eigenvalue weighted by atomic mass is 9.92. The van der Waals surface area contributed by atoms with Gasteiger partial charge in [-0.1, -0.05) is 0 Å². The number of anilines is 1. The highest BCUT2D eigenvalue weighted by molar-refractivity contribution is 5.95. The molecular weight excluding hydrogens is 232 g/mol. The Bertz CT molecular complexity index is 463. The summed E-state index contributed by atoms with van der Waals surface area (Å²) in [6, 6.07) is 3.11. The molecule has 1 aromatic rings. The van der Waals surface area contributed by atoms with Gasteiger partial charge in [-0.15, -0.1) is 0 Å². The predicted octanol–water partition coefficient (Wildman–Crippen LogP) is 0.214. The van der Waals surface area contributed by atoms with Crippen LogP contribution in [0.2, 0.25) is 0 Å². The molecule has 2 amide bonds. The third-order valence-corrected chi connectivity index (χ3v) is 2.59. The van der Waals surface area contributed by atoms with E-state index in [2.05, 4.69) is 10.3 Å². The first-order valence-corrected chi connectivity index (χ1v) is 5.54. The number of nitrogen functional groups attached to an aromatic ring is 1. The average molecular weight is 250 g/mol. The number of pyridine rings is 1. The molecule has 18 heavy (non-hydrogen) atoms. The molecule has 0 radical (unpaired) electrons. The van der Waals surface area contributed by atoms with Crippen LogP contribution in [0.3, 0.4) is 0 Å². The van der Waals surface area contributed by atoms with Crippen LogP contribution < -0.4 is 16.8 Å². The van der Waals surface area contributed by atoms with Gasteiger partial charge in [-0.05, 0) is 32.9 Å². The summed E-state index contributed by atoms with van der Waals surface area (Å²) in [5.74, 6) is -0.482. The van der Waals surface area contributed by atoms with Crippen molar-refractivity contribution in [1.29, 1.82) is 0 Å². The topological polar surface area (TPSA) is 111 Å². The average Bonchev–Trinajstić information content (AvgIpc) is 2.24. The molecular formula is C12H18N4O2. The second-order valence-corrected chi connectivity index (χ2v) is 4.85. The van der Waals surface area contributed by atoms with Crippen molar-refractivity contribution in [2.45, 2.75) is 20.8 Å². The fourth-order valence-electron chi connectivity index (χ4n) is 1.32. The Morgan fingerprint density at radius 1 is 1.39 bits per heavy atom. The Kier molecular flexibility index (Phi) is 3.90. The van der Waals surface area contributed by atoms with Gasteiger partial charge in [0.15, 0.2) is 0 Å². The first-order valence-electron chi connectivity index (χ1n) is 5.54. The number of aromatic nitrogens is 1. The lowest BCUT2D eigenvalue weighted by Gasteiger charge is -2.20. The Labute approximate surface area is 106 Å². The van der Waals surface area contributed by atoms with Gasteiger partial charge in [0, 0.05) is 17.8 Å². The molecule has 0 atom stereocenters. The van der Waals surface area contributed by atoms with Crippen molar-refractivity contribution >= 4 is 17.6 Å². The van der Waals surface area contributed by atoms with Gasteiger partial charge in [-0.25, -0.2) is 4.98 Å². The number of nitrogens with one attached hydrogen (secondary N) is 1. The monoisotopic (exact) mass is 250 g/mol. The molecule has 0 aliphatic carbocycles. The number of nitrogens with zero attached hydrogens (tertiary/aromatic N) is 1. The van der Waals surface area contributed by atoms with Crippen molar-refractivity contribution in [3.8, 4) is 0 Å². The lowest BCUT2D eigenvalue weighted by Crippen LogP contribution is -2.42. The Hall–Kier alpha value is -2.11. The highest BCUT2D eigenvalue weighted by Crippen LogP contribution is 2.13. The van der Waals surface area contributed by atoms with E-state index in [0.717, 1.165) is 0 Å². The third-order valence-electron chi connectivity index (χ3n) is 2.59. The minimum absolute atomic E-state index is 0.169. The van der Waals surface area contributed by atoms with Crippen LogP contribution in [0.25, 0.3) is 0 Å². The van der Waals surface area contributed by atoms with Crippen LogP contribution in [0.1, 0.15) is 29.9 Å². The SMILES string of the molecule is Cc1cc(C(=O)NCC(C)(C)C(N)=O)cc(N)n1. The van der Waals surface area contributed by atoms with E-state index in [-0.39, 0.29) is 18.3 Å². The van der Waals surface area contributed by atoms with Gasteiger partial charge in [-0.3, -0.25) is 9.59 Å². The van der Waals surface area contributed by atoms with Crippen molar-refractivity contribution in [1.82, 2.24) is 10.3 Å². The molecule has 1 rings (SSSR count). The summed E-state index contributed by atoms with van der Waals surface area (Å²) in [5, 5.41) is 2.65. The number of carbonyl (C=O) groups is 2. The molecule has 6 heteroatoms. The summed E-state index contributed by atoms with van der Waals surface area (Å²) in [4.78, 5) is 27.0. The van der Waals surface area contributed by atoms with Crippen molar-refractivity contribution in [3.05, 3.63) is 23.4 Å². The van der Waals surface area contributed by atoms with Crippen molar-refractivity contribution in [2.24, 2.45) is 11.1 Å². The number of hydrogen-bond acceptors (Lipinski definition) is 4. The van der Waals surface area contributed by atoms with Crippen LogP contribution in [0.5, 0.6) is 0 Å². The smallest absolute Gasteiger partial charge is 0.251 e. The van der Waals surface area contributed by atoms with E-state index < -0.39 is 11.3 Å². The highest BCUT2D eigenvalue weighted by Gasteiger charge is 2.25. The fraction of sp³-hybridized carbons (Fsp3) is 0.417. The fourth-order valence-corrected chi connectivity index (χ4v) is 1.32. The summed E-state index contributed by atoms with van der Waals surface area (Å²) >= 11 is 0. The summed E-state index contributed by atoms with van der Waals surface area (Å²) in [6.07, 6.45) is 0. The number of amides is 2. The molecule has 5 N–H and O–H groups in total. The van der Waals surface area contributed by atoms with Crippen molar-refractivity contribution in [2.75, 3.05) is 12.3 Å². The highest BCUT2D eigenvalue weighted by atomic mass is 16.2. The second-order valence-electron chi connectivity index (χ2n) is 4.85. The van der Waals surface area contributed by atoms with Crippen molar-refractivity contribution < 1.29 is 9.59 Å². The first kappa shape index (κ1) is 14.0. The minimum Gasteiger partial charge on any atom is -0.384 e. The summed E-state index contributed by atoms with van der Waals surface area (Å²) < 4.78 is 0. The van der Waals surface area contributed by atoms with Crippen LogP contribution in [-0.2, 0) is 4.79 Å². The Morgan fingerprint density at radius 2 is 2.00 bits per heavy atom. The molecule has 0 aliphatic heterocycles. The molecule has 0 aliphatic rings. The quantitative estimate of drug-likeness (QED) is 0.709. The molecule has 0 aromatic carbocycles. The maximum absolute atomic E-state index is 11.9. The number of carbonyl (C=O) groups excluding carboxylic acids is 2. The zero-order valence-electron chi connectivity index (χ0n) is 10.8. The molecule has 0 saturated heterocycles. The largest absolute Gasteiger partial charge is 0.384 e. The number of primary amides is 1. The summed E-state index contributed by atoms with van der Waals surface area (Å²) in [7, 11) is 0. The van der Waals surface area contributed by atoms with Crippen LogP contribution in [0, 0.1) is 12.3 Å².